The summed E-state index contributed by atoms with van der Waals surface area (Å²) in [6, 6.07) is 22.6. The van der Waals surface area contributed by atoms with E-state index in [1.54, 1.807) is 25.3 Å². The molecule has 0 aromatic heterocycles. The first kappa shape index (κ1) is 23.1. The van der Waals surface area contributed by atoms with Gasteiger partial charge in [0.1, 0.15) is 29.7 Å². The van der Waals surface area contributed by atoms with Gasteiger partial charge in [0.05, 0.1) is 7.11 Å². The van der Waals surface area contributed by atoms with Gasteiger partial charge in [0.15, 0.2) is 0 Å². The summed E-state index contributed by atoms with van der Waals surface area (Å²) in [6.07, 6.45) is 2.30. The maximum atomic E-state index is 12.8. The van der Waals surface area contributed by atoms with Crippen LogP contribution >= 0.6 is 15.9 Å². The first-order valence-electron chi connectivity index (χ1n) is 10.1. The van der Waals surface area contributed by atoms with Crippen molar-refractivity contribution >= 4 is 33.6 Å². The molecule has 3 aromatic carbocycles. The van der Waals surface area contributed by atoms with Gasteiger partial charge in [-0.1, -0.05) is 53.2 Å². The zero-order valence-corrected chi connectivity index (χ0v) is 19.5. The summed E-state index contributed by atoms with van der Waals surface area (Å²) in [5, 5.41) is 12.5. The summed E-state index contributed by atoms with van der Waals surface area (Å²) in [7, 11) is 1.57. The predicted octanol–water partition coefficient (Wildman–Crippen LogP) is 6.14. The lowest BCUT2D eigenvalue weighted by molar-refractivity contribution is -0.112. The second kappa shape index (κ2) is 11.2. The molecule has 1 N–H and O–H groups in total. The monoisotopic (exact) mass is 490 g/mol. The van der Waals surface area contributed by atoms with Crippen molar-refractivity contribution in [1.29, 1.82) is 5.26 Å². The zero-order chi connectivity index (χ0) is 22.9. The smallest absolute Gasteiger partial charge is 0.266 e. The van der Waals surface area contributed by atoms with Crippen LogP contribution in [0.25, 0.3) is 6.08 Å². The summed E-state index contributed by atoms with van der Waals surface area (Å²) in [6.45, 7) is 2.34. The second-order valence-electron chi connectivity index (χ2n) is 6.95. The fraction of sp³-hybridized carbons (Fsp3) is 0.154. The third kappa shape index (κ3) is 5.99. The molecule has 162 valence electrons. The van der Waals surface area contributed by atoms with Crippen LogP contribution in [0.2, 0.25) is 0 Å². The molecule has 0 saturated heterocycles. The number of anilines is 1. The molecule has 0 saturated carbocycles. The van der Waals surface area contributed by atoms with Crippen LogP contribution in [0.4, 0.5) is 5.69 Å². The third-order valence-corrected chi connectivity index (χ3v) is 5.37. The van der Waals surface area contributed by atoms with Crippen molar-refractivity contribution in [3.8, 4) is 17.6 Å². The molecule has 0 radical (unpaired) electrons. The number of nitrogens with one attached hydrogen (secondary N) is 1. The van der Waals surface area contributed by atoms with Crippen molar-refractivity contribution < 1.29 is 14.3 Å². The van der Waals surface area contributed by atoms with E-state index in [-0.39, 0.29) is 5.57 Å². The van der Waals surface area contributed by atoms with E-state index in [1.807, 2.05) is 61.5 Å². The maximum Gasteiger partial charge on any atom is 0.266 e. The molecular formula is C26H23BrN2O3. The lowest BCUT2D eigenvalue weighted by Gasteiger charge is -2.12. The minimum atomic E-state index is -0.469. The van der Waals surface area contributed by atoms with E-state index in [0.717, 1.165) is 22.0 Å². The van der Waals surface area contributed by atoms with Gasteiger partial charge in [-0.05, 0) is 54.0 Å². The van der Waals surface area contributed by atoms with Crippen molar-refractivity contribution in [2.24, 2.45) is 0 Å². The Hall–Kier alpha value is -3.56. The highest BCUT2D eigenvalue weighted by Crippen LogP contribution is 2.28. The highest BCUT2D eigenvalue weighted by Gasteiger charge is 2.13. The quantitative estimate of drug-likeness (QED) is 0.303. The van der Waals surface area contributed by atoms with E-state index in [1.165, 1.54) is 6.08 Å². The summed E-state index contributed by atoms with van der Waals surface area (Å²) < 4.78 is 12.3. The lowest BCUT2D eigenvalue weighted by Crippen LogP contribution is -2.14. The molecule has 0 aliphatic heterocycles. The van der Waals surface area contributed by atoms with Crippen molar-refractivity contribution in [1.82, 2.24) is 0 Å². The zero-order valence-electron chi connectivity index (χ0n) is 17.9. The molecule has 6 heteroatoms. The van der Waals surface area contributed by atoms with E-state index in [9.17, 15) is 10.1 Å². The molecule has 0 atom stereocenters. The average molecular weight is 491 g/mol. The standard InChI is InChI=1S/C26H23BrN2O3/c1-3-19-6-4-5-7-24(19)29-26(30)21(16-28)14-20-10-13-23(31-2)15-25(20)32-17-18-8-11-22(27)12-9-18/h4-15H,3,17H2,1-2H3,(H,29,30)/b21-14+. The van der Waals surface area contributed by atoms with E-state index in [0.29, 0.717) is 29.4 Å². The van der Waals surface area contributed by atoms with Crippen LogP contribution in [0, 0.1) is 11.3 Å². The van der Waals surface area contributed by atoms with Gasteiger partial charge in [-0.15, -0.1) is 0 Å². The number of nitriles is 1. The van der Waals surface area contributed by atoms with Gasteiger partial charge in [0.25, 0.3) is 5.91 Å². The predicted molar refractivity (Wildman–Crippen MR) is 130 cm³/mol. The number of hydrogen-bond donors (Lipinski definition) is 1. The number of rotatable bonds is 8. The number of carbonyl (C=O) groups is 1. The van der Waals surface area contributed by atoms with Crippen LogP contribution in [0.15, 0.2) is 76.8 Å². The largest absolute Gasteiger partial charge is 0.497 e. The van der Waals surface area contributed by atoms with E-state index in [2.05, 4.69) is 21.2 Å². The first-order chi connectivity index (χ1) is 15.5. The normalized spacial score (nSPS) is 10.9. The third-order valence-electron chi connectivity index (χ3n) is 4.84. The first-order valence-corrected chi connectivity index (χ1v) is 10.9. The number of ether oxygens (including phenoxy) is 2. The number of benzene rings is 3. The summed E-state index contributed by atoms with van der Waals surface area (Å²) >= 11 is 3.42. The molecule has 0 aliphatic carbocycles. The van der Waals surface area contributed by atoms with Gasteiger partial charge in [-0.25, -0.2) is 0 Å². The molecular weight excluding hydrogens is 468 g/mol. The van der Waals surface area contributed by atoms with Crippen LogP contribution in [0.1, 0.15) is 23.6 Å². The molecule has 0 heterocycles. The Kier molecular flexibility index (Phi) is 8.07. The highest BCUT2D eigenvalue weighted by atomic mass is 79.9. The number of amides is 1. The molecule has 0 unspecified atom stereocenters. The Morgan fingerprint density at radius 1 is 1.12 bits per heavy atom. The van der Waals surface area contributed by atoms with Crippen LogP contribution < -0.4 is 14.8 Å². The van der Waals surface area contributed by atoms with Crippen LogP contribution in [-0.2, 0) is 17.8 Å². The molecule has 0 spiro atoms. The molecule has 0 aliphatic rings. The SMILES string of the molecule is CCc1ccccc1NC(=O)/C(C#N)=C/c1ccc(OC)cc1OCc1ccc(Br)cc1. The molecule has 3 rings (SSSR count). The Morgan fingerprint density at radius 3 is 2.56 bits per heavy atom. The summed E-state index contributed by atoms with van der Waals surface area (Å²) in [5.74, 6) is 0.664. The molecule has 5 nitrogen and oxygen atoms in total. The van der Waals surface area contributed by atoms with Crippen molar-refractivity contribution in [2.45, 2.75) is 20.0 Å². The molecule has 0 bridgehead atoms. The maximum absolute atomic E-state index is 12.8. The van der Waals surface area contributed by atoms with E-state index >= 15 is 0 Å². The summed E-state index contributed by atoms with van der Waals surface area (Å²) in [4.78, 5) is 12.8. The van der Waals surface area contributed by atoms with Gasteiger partial charge < -0.3 is 14.8 Å². The number of carbonyl (C=O) groups excluding carboxylic acids is 1. The lowest BCUT2D eigenvalue weighted by atomic mass is 10.1. The van der Waals surface area contributed by atoms with Gasteiger partial charge in [-0.3, -0.25) is 4.79 Å². The van der Waals surface area contributed by atoms with E-state index < -0.39 is 5.91 Å². The van der Waals surface area contributed by atoms with Crippen LogP contribution in [0.5, 0.6) is 11.5 Å². The molecule has 1 amide bonds. The minimum Gasteiger partial charge on any atom is -0.497 e. The molecule has 32 heavy (non-hydrogen) atoms. The van der Waals surface area contributed by atoms with Crippen molar-refractivity contribution in [3.63, 3.8) is 0 Å². The van der Waals surface area contributed by atoms with Crippen LogP contribution in [0.3, 0.4) is 0 Å². The molecule has 3 aromatic rings. The van der Waals surface area contributed by atoms with Gasteiger partial charge in [-0.2, -0.15) is 5.26 Å². The number of methoxy groups -OCH3 is 1. The van der Waals surface area contributed by atoms with Gasteiger partial charge >= 0.3 is 0 Å². The second-order valence-corrected chi connectivity index (χ2v) is 7.87. The van der Waals surface area contributed by atoms with E-state index in [4.69, 9.17) is 9.47 Å². The van der Waals surface area contributed by atoms with Crippen LogP contribution in [-0.4, -0.2) is 13.0 Å². The number of halogens is 1. The Balaban J connectivity index is 1.86. The van der Waals surface area contributed by atoms with Gasteiger partial charge in [0, 0.05) is 21.8 Å². The Bertz CT molecular complexity index is 1160. The highest BCUT2D eigenvalue weighted by molar-refractivity contribution is 9.10. The fourth-order valence-corrected chi connectivity index (χ4v) is 3.34. The molecule has 0 fully saturated rings. The van der Waals surface area contributed by atoms with Gasteiger partial charge in [0.2, 0.25) is 0 Å². The number of hydrogen-bond acceptors (Lipinski definition) is 4. The number of nitrogens with zero attached hydrogens (tertiary/aromatic N) is 1. The summed E-state index contributed by atoms with van der Waals surface area (Å²) in [5.41, 5.74) is 3.28. The minimum absolute atomic E-state index is 0.0189. The van der Waals surface area contributed by atoms with Crippen molar-refractivity contribution in [3.05, 3.63) is 93.5 Å². The number of aryl methyl sites for hydroxylation is 1. The number of para-hydroxylation sites is 1. The van der Waals surface area contributed by atoms with Crippen molar-refractivity contribution in [2.75, 3.05) is 12.4 Å². The topological polar surface area (TPSA) is 71.4 Å². The Morgan fingerprint density at radius 2 is 1.88 bits per heavy atom. The Labute approximate surface area is 196 Å². The average Bonchev–Trinajstić information content (AvgIpc) is 2.82. The fourth-order valence-electron chi connectivity index (χ4n) is 3.07.